The summed E-state index contributed by atoms with van der Waals surface area (Å²) >= 11 is 0. The molecule has 1 amide bonds. The molecule has 0 aliphatic carbocycles. The predicted octanol–water partition coefficient (Wildman–Crippen LogP) is 4.24. The van der Waals surface area contributed by atoms with Gasteiger partial charge >= 0.3 is 0 Å². The third-order valence-electron chi connectivity index (χ3n) is 4.16. The first-order valence-corrected chi connectivity index (χ1v) is 8.83. The average Bonchev–Trinajstić information content (AvgIpc) is 2.66. The van der Waals surface area contributed by atoms with Crippen LogP contribution in [-0.4, -0.2) is 18.0 Å². The topological polar surface area (TPSA) is 89.3 Å². The lowest BCUT2D eigenvalue weighted by Gasteiger charge is -2.07. The Kier molecular flexibility index (Phi) is 7.55. The first-order chi connectivity index (χ1) is 12.6. The molecule has 3 N–H and O–H groups in total. The number of nitrogen functional groups attached to an aromatic ring is 1. The molecule has 0 spiro atoms. The molecule has 2 aromatic rings. The average molecular weight is 352 g/mol. The number of amides is 1. The van der Waals surface area contributed by atoms with Crippen LogP contribution in [0, 0.1) is 0 Å². The molecule has 0 saturated heterocycles. The first kappa shape index (κ1) is 19.4. The van der Waals surface area contributed by atoms with Crippen molar-refractivity contribution < 1.29 is 14.4 Å². The minimum atomic E-state index is -0.0470. The summed E-state index contributed by atoms with van der Waals surface area (Å²) in [5.74, 6) is 0.0361. The number of benzene rings is 2. The van der Waals surface area contributed by atoms with Crippen molar-refractivity contribution in [2.45, 2.75) is 38.5 Å². The van der Waals surface area contributed by atoms with Gasteiger partial charge in [-0.05, 0) is 25.0 Å². The molecule has 2 aromatic carbocycles. The minimum absolute atomic E-state index is 0.0470. The van der Waals surface area contributed by atoms with Crippen molar-refractivity contribution in [2.75, 3.05) is 11.1 Å². The fourth-order valence-corrected chi connectivity index (χ4v) is 2.64. The number of aldehydes is 1. The van der Waals surface area contributed by atoms with Crippen molar-refractivity contribution in [3.8, 4) is 0 Å². The molecule has 0 atom stereocenters. The highest BCUT2D eigenvalue weighted by Gasteiger charge is 2.07. The van der Waals surface area contributed by atoms with Gasteiger partial charge in [0, 0.05) is 24.0 Å². The van der Waals surface area contributed by atoms with E-state index in [9.17, 15) is 14.4 Å². The van der Waals surface area contributed by atoms with Crippen LogP contribution in [0.5, 0.6) is 0 Å². The summed E-state index contributed by atoms with van der Waals surface area (Å²) in [6.45, 7) is 0. The molecule has 26 heavy (non-hydrogen) atoms. The molecule has 136 valence electrons. The number of carbonyl (C=O) groups excluding carboxylic acids is 3. The predicted molar refractivity (Wildman–Crippen MR) is 103 cm³/mol. The van der Waals surface area contributed by atoms with E-state index in [0.717, 1.165) is 32.0 Å². The van der Waals surface area contributed by atoms with Crippen molar-refractivity contribution in [3.05, 3.63) is 59.7 Å². The van der Waals surface area contributed by atoms with Crippen molar-refractivity contribution in [1.82, 2.24) is 0 Å². The molecular formula is C21H24N2O3. The normalized spacial score (nSPS) is 10.3. The summed E-state index contributed by atoms with van der Waals surface area (Å²) < 4.78 is 0. The number of hydrogen-bond donors (Lipinski definition) is 2. The standard InChI is InChI=1S/C21H24N2O3/c22-18-7-5-6-8-19(18)23-21(26)10-4-2-1-3-9-20(25)17-13-11-16(15-24)12-14-17/h5-8,11-15H,1-4,9-10,22H2,(H,23,26). The van der Waals surface area contributed by atoms with Gasteiger partial charge in [0.2, 0.25) is 5.91 Å². The lowest BCUT2D eigenvalue weighted by Crippen LogP contribution is -2.12. The van der Waals surface area contributed by atoms with Crippen molar-refractivity contribution in [1.29, 1.82) is 0 Å². The summed E-state index contributed by atoms with van der Waals surface area (Å²) in [4.78, 5) is 34.6. The third-order valence-corrected chi connectivity index (χ3v) is 4.16. The summed E-state index contributed by atoms with van der Waals surface area (Å²) in [6, 6.07) is 13.9. The van der Waals surface area contributed by atoms with Gasteiger partial charge in [0.15, 0.2) is 5.78 Å². The van der Waals surface area contributed by atoms with E-state index in [-0.39, 0.29) is 11.7 Å². The number of anilines is 2. The highest BCUT2D eigenvalue weighted by Crippen LogP contribution is 2.17. The van der Waals surface area contributed by atoms with E-state index in [1.807, 2.05) is 12.1 Å². The third kappa shape index (κ3) is 6.16. The van der Waals surface area contributed by atoms with Crippen LogP contribution in [0.4, 0.5) is 11.4 Å². The zero-order chi connectivity index (χ0) is 18.8. The molecule has 5 nitrogen and oxygen atoms in total. The second-order valence-corrected chi connectivity index (χ2v) is 6.21. The van der Waals surface area contributed by atoms with Crippen LogP contribution in [0.1, 0.15) is 59.2 Å². The van der Waals surface area contributed by atoms with Gasteiger partial charge in [-0.25, -0.2) is 0 Å². The van der Waals surface area contributed by atoms with Crippen molar-refractivity contribution in [2.24, 2.45) is 0 Å². The second kappa shape index (κ2) is 10.1. The molecule has 2 rings (SSSR count). The molecule has 0 aromatic heterocycles. The number of ketones is 1. The van der Waals surface area contributed by atoms with Gasteiger partial charge in [-0.3, -0.25) is 14.4 Å². The maximum absolute atomic E-state index is 12.1. The summed E-state index contributed by atoms with van der Waals surface area (Å²) in [5.41, 5.74) is 8.19. The highest BCUT2D eigenvalue weighted by atomic mass is 16.1. The van der Waals surface area contributed by atoms with Gasteiger partial charge in [0.25, 0.3) is 0 Å². The molecule has 0 radical (unpaired) electrons. The van der Waals surface area contributed by atoms with E-state index >= 15 is 0 Å². The Morgan fingerprint density at radius 2 is 1.54 bits per heavy atom. The number of carbonyl (C=O) groups is 3. The smallest absolute Gasteiger partial charge is 0.224 e. The lowest BCUT2D eigenvalue weighted by molar-refractivity contribution is -0.116. The fourth-order valence-electron chi connectivity index (χ4n) is 2.64. The maximum Gasteiger partial charge on any atom is 0.224 e. The van der Waals surface area contributed by atoms with E-state index in [4.69, 9.17) is 5.73 Å². The van der Waals surface area contributed by atoms with Gasteiger partial charge in [0.05, 0.1) is 11.4 Å². The number of unbranched alkanes of at least 4 members (excludes halogenated alkanes) is 3. The van der Waals surface area contributed by atoms with Crippen LogP contribution >= 0.6 is 0 Å². The largest absolute Gasteiger partial charge is 0.397 e. The van der Waals surface area contributed by atoms with Gasteiger partial charge in [0.1, 0.15) is 6.29 Å². The Balaban J connectivity index is 1.60. The van der Waals surface area contributed by atoms with Gasteiger partial charge in [-0.2, -0.15) is 0 Å². The van der Waals surface area contributed by atoms with Crippen LogP contribution < -0.4 is 11.1 Å². The second-order valence-electron chi connectivity index (χ2n) is 6.21. The van der Waals surface area contributed by atoms with E-state index in [1.165, 1.54) is 0 Å². The Hall–Kier alpha value is -2.95. The molecular weight excluding hydrogens is 328 g/mol. The SMILES string of the molecule is Nc1ccccc1NC(=O)CCCCCCC(=O)c1ccc(C=O)cc1. The molecule has 0 aliphatic rings. The lowest BCUT2D eigenvalue weighted by atomic mass is 10.0. The Morgan fingerprint density at radius 1 is 0.885 bits per heavy atom. The van der Waals surface area contributed by atoms with Crippen LogP contribution in [0.2, 0.25) is 0 Å². The van der Waals surface area contributed by atoms with Crippen LogP contribution in [0.3, 0.4) is 0 Å². The van der Waals surface area contributed by atoms with E-state index in [1.54, 1.807) is 36.4 Å². The molecule has 0 unspecified atom stereocenters. The Bertz CT molecular complexity index is 754. The monoisotopic (exact) mass is 352 g/mol. The molecule has 0 aliphatic heterocycles. The Morgan fingerprint density at radius 3 is 2.19 bits per heavy atom. The van der Waals surface area contributed by atoms with Gasteiger partial charge in [-0.15, -0.1) is 0 Å². The molecule has 0 bridgehead atoms. The number of para-hydroxylation sites is 2. The van der Waals surface area contributed by atoms with Gasteiger partial charge in [-0.1, -0.05) is 49.2 Å². The molecule has 5 heteroatoms. The zero-order valence-electron chi connectivity index (χ0n) is 14.7. The van der Waals surface area contributed by atoms with Crippen LogP contribution in [-0.2, 0) is 4.79 Å². The van der Waals surface area contributed by atoms with E-state index in [0.29, 0.717) is 35.3 Å². The zero-order valence-corrected chi connectivity index (χ0v) is 14.7. The quantitative estimate of drug-likeness (QED) is 0.290. The van der Waals surface area contributed by atoms with E-state index < -0.39 is 0 Å². The van der Waals surface area contributed by atoms with Crippen molar-refractivity contribution >= 4 is 29.4 Å². The summed E-state index contributed by atoms with van der Waals surface area (Å²) in [7, 11) is 0. The van der Waals surface area contributed by atoms with Crippen molar-refractivity contribution in [3.63, 3.8) is 0 Å². The molecule has 0 saturated carbocycles. The minimum Gasteiger partial charge on any atom is -0.397 e. The summed E-state index contributed by atoms with van der Waals surface area (Å²) in [5, 5.41) is 2.81. The van der Waals surface area contributed by atoms with Crippen LogP contribution in [0.25, 0.3) is 0 Å². The number of Topliss-reactive ketones (excluding diaryl/α,β-unsaturated/α-hetero) is 1. The van der Waals surface area contributed by atoms with E-state index in [2.05, 4.69) is 5.32 Å². The Labute approximate surface area is 153 Å². The van der Waals surface area contributed by atoms with Crippen LogP contribution in [0.15, 0.2) is 48.5 Å². The number of nitrogens with one attached hydrogen (secondary N) is 1. The summed E-state index contributed by atoms with van der Waals surface area (Å²) in [6.07, 6.45) is 5.05. The number of nitrogens with two attached hydrogens (primary N) is 1. The fraction of sp³-hybridized carbons (Fsp3) is 0.286. The number of hydrogen-bond acceptors (Lipinski definition) is 4. The molecule has 0 fully saturated rings. The maximum atomic E-state index is 12.1. The molecule has 0 heterocycles. The van der Waals surface area contributed by atoms with Gasteiger partial charge < -0.3 is 11.1 Å². The number of rotatable bonds is 10. The first-order valence-electron chi connectivity index (χ1n) is 8.83. The highest BCUT2D eigenvalue weighted by molar-refractivity contribution is 5.96.